The van der Waals surface area contributed by atoms with Crippen molar-refractivity contribution in [2.24, 2.45) is 0 Å². The topological polar surface area (TPSA) is 98.1 Å². The van der Waals surface area contributed by atoms with Gasteiger partial charge in [-0.05, 0) is 35.4 Å². The second-order valence-electron chi connectivity index (χ2n) is 5.48. The van der Waals surface area contributed by atoms with Crippen molar-refractivity contribution >= 4 is 34.5 Å². The van der Waals surface area contributed by atoms with Crippen molar-refractivity contribution in [1.29, 1.82) is 0 Å². The van der Waals surface area contributed by atoms with Crippen LogP contribution in [0, 0.1) is 3.57 Å². The van der Waals surface area contributed by atoms with Crippen molar-refractivity contribution in [2.45, 2.75) is 31.9 Å². The number of halogens is 1. The summed E-state index contributed by atoms with van der Waals surface area (Å²) in [4.78, 5) is 13.0. The van der Waals surface area contributed by atoms with Crippen molar-refractivity contribution in [1.82, 2.24) is 15.1 Å². The Morgan fingerprint density at radius 2 is 2.17 bits per heavy atom. The average molecular weight is 454 g/mol. The van der Waals surface area contributed by atoms with E-state index in [0.29, 0.717) is 19.0 Å². The predicted octanol–water partition coefficient (Wildman–Crippen LogP) is 1.62. The van der Waals surface area contributed by atoms with E-state index in [9.17, 15) is 4.79 Å². The number of methoxy groups -OCH3 is 3. The van der Waals surface area contributed by atoms with Crippen LogP contribution in [0.3, 0.4) is 0 Å². The maximum atomic E-state index is 10.9. The third kappa shape index (κ3) is 4.29. The number of hydrogen-bond acceptors (Lipinski definition) is 6. The van der Waals surface area contributed by atoms with Gasteiger partial charge in [0.25, 0.3) is 0 Å². The molecule has 1 saturated heterocycles. The standard InChI is InChI=1S/C14H23IN4O5/c1-22-8-19-12(10(15)11(17-19)13(23-2)24-3)18-6-4-5-9(7-18)16-14(20)21/h9,13,16H,4-8H2,1-3H3,(H,20,21)/t9-/m1/s1. The molecule has 2 N–H and O–H groups in total. The fourth-order valence-corrected chi connectivity index (χ4v) is 3.88. The minimum absolute atomic E-state index is 0.109. The number of nitrogens with zero attached hydrogens (tertiary/aromatic N) is 3. The summed E-state index contributed by atoms with van der Waals surface area (Å²) in [5.74, 6) is 0.892. The normalized spacial score (nSPS) is 18.2. The smallest absolute Gasteiger partial charge is 0.404 e. The Hall–Kier alpha value is -1.11. The van der Waals surface area contributed by atoms with Crippen LogP contribution in [-0.2, 0) is 20.9 Å². The van der Waals surface area contributed by atoms with Crippen LogP contribution in [0.15, 0.2) is 0 Å². The van der Waals surface area contributed by atoms with Gasteiger partial charge in [-0.15, -0.1) is 0 Å². The van der Waals surface area contributed by atoms with Crippen LogP contribution >= 0.6 is 22.6 Å². The van der Waals surface area contributed by atoms with Crippen molar-refractivity contribution in [2.75, 3.05) is 39.3 Å². The molecule has 0 spiro atoms. The summed E-state index contributed by atoms with van der Waals surface area (Å²) in [6, 6.07) is -0.109. The van der Waals surface area contributed by atoms with Gasteiger partial charge in [-0.25, -0.2) is 9.48 Å². The van der Waals surface area contributed by atoms with E-state index < -0.39 is 12.4 Å². The summed E-state index contributed by atoms with van der Waals surface area (Å²) < 4.78 is 18.6. The molecule has 1 aliphatic rings. The highest BCUT2D eigenvalue weighted by Crippen LogP contribution is 2.32. The van der Waals surface area contributed by atoms with E-state index in [1.807, 2.05) is 0 Å². The largest absolute Gasteiger partial charge is 0.465 e. The molecule has 1 aliphatic heterocycles. The van der Waals surface area contributed by atoms with E-state index in [4.69, 9.17) is 19.3 Å². The maximum absolute atomic E-state index is 10.9. The third-order valence-electron chi connectivity index (χ3n) is 3.85. The summed E-state index contributed by atoms with van der Waals surface area (Å²) in [7, 11) is 4.73. The molecule has 24 heavy (non-hydrogen) atoms. The van der Waals surface area contributed by atoms with Crippen LogP contribution in [-0.4, -0.2) is 61.4 Å². The minimum atomic E-state index is -0.999. The third-order valence-corrected chi connectivity index (χ3v) is 4.88. The SMILES string of the molecule is COCn1nc(C(OC)OC)c(I)c1N1CCC[C@@H](NC(=O)O)C1. The number of hydrogen-bond donors (Lipinski definition) is 2. The van der Waals surface area contributed by atoms with Gasteiger partial charge in [-0.3, -0.25) is 0 Å². The Bertz CT molecular complexity index is 564. The summed E-state index contributed by atoms with van der Waals surface area (Å²) in [6.45, 7) is 1.70. The molecule has 9 nitrogen and oxygen atoms in total. The Morgan fingerprint density at radius 1 is 1.46 bits per heavy atom. The monoisotopic (exact) mass is 454 g/mol. The van der Waals surface area contributed by atoms with Gasteiger partial charge in [-0.1, -0.05) is 0 Å². The van der Waals surface area contributed by atoms with Gasteiger partial charge in [0.1, 0.15) is 18.2 Å². The number of nitrogens with one attached hydrogen (secondary N) is 1. The fraction of sp³-hybridized carbons (Fsp3) is 0.714. The van der Waals surface area contributed by atoms with E-state index in [1.165, 1.54) is 0 Å². The molecule has 0 bridgehead atoms. The zero-order valence-corrected chi connectivity index (χ0v) is 16.1. The molecule has 1 fully saturated rings. The first kappa shape index (κ1) is 19.2. The Labute approximate surface area is 154 Å². The van der Waals surface area contributed by atoms with Gasteiger partial charge in [0.15, 0.2) is 0 Å². The molecule has 2 heterocycles. The molecule has 0 aliphatic carbocycles. The maximum Gasteiger partial charge on any atom is 0.404 e. The first-order valence-corrected chi connectivity index (χ1v) is 8.64. The molecule has 1 aromatic rings. The predicted molar refractivity (Wildman–Crippen MR) is 95.1 cm³/mol. The van der Waals surface area contributed by atoms with Gasteiger partial charge in [0.05, 0.1) is 3.57 Å². The highest BCUT2D eigenvalue weighted by Gasteiger charge is 2.29. The van der Waals surface area contributed by atoms with Gasteiger partial charge in [-0.2, -0.15) is 5.10 Å². The lowest BCUT2D eigenvalue weighted by atomic mass is 10.1. The number of aromatic nitrogens is 2. The summed E-state index contributed by atoms with van der Waals surface area (Å²) in [5, 5.41) is 16.1. The van der Waals surface area contributed by atoms with Gasteiger partial charge in [0, 0.05) is 40.5 Å². The van der Waals surface area contributed by atoms with Crippen LogP contribution in [0.4, 0.5) is 10.6 Å². The highest BCUT2D eigenvalue weighted by molar-refractivity contribution is 14.1. The van der Waals surface area contributed by atoms with Crippen LogP contribution in [0.1, 0.15) is 24.8 Å². The number of anilines is 1. The molecule has 0 unspecified atom stereocenters. The first-order valence-electron chi connectivity index (χ1n) is 7.56. The van der Waals surface area contributed by atoms with Crippen molar-refractivity contribution in [3.05, 3.63) is 9.26 Å². The zero-order valence-electron chi connectivity index (χ0n) is 14.0. The van der Waals surface area contributed by atoms with E-state index >= 15 is 0 Å². The summed E-state index contributed by atoms with van der Waals surface area (Å²) in [5.41, 5.74) is 0.681. The molecule has 136 valence electrons. The number of carboxylic acid groups (broad SMARTS) is 1. The molecule has 0 saturated carbocycles. The van der Waals surface area contributed by atoms with E-state index in [-0.39, 0.29) is 6.04 Å². The Morgan fingerprint density at radius 3 is 2.75 bits per heavy atom. The van der Waals surface area contributed by atoms with Crippen molar-refractivity contribution in [3.8, 4) is 0 Å². The number of rotatable bonds is 7. The van der Waals surface area contributed by atoms with E-state index in [0.717, 1.165) is 28.8 Å². The van der Waals surface area contributed by atoms with Crippen LogP contribution in [0.2, 0.25) is 0 Å². The molecule has 1 amide bonds. The molecule has 2 rings (SSSR count). The van der Waals surface area contributed by atoms with E-state index in [2.05, 4.69) is 37.9 Å². The lowest BCUT2D eigenvalue weighted by Crippen LogP contribution is -2.48. The fourth-order valence-electron chi connectivity index (χ4n) is 2.90. The van der Waals surface area contributed by atoms with Crippen LogP contribution < -0.4 is 10.2 Å². The zero-order chi connectivity index (χ0) is 17.7. The first-order chi connectivity index (χ1) is 11.5. The number of ether oxygens (including phenoxy) is 3. The number of piperidine rings is 1. The average Bonchev–Trinajstić information content (AvgIpc) is 2.85. The Balaban J connectivity index is 2.31. The second kappa shape index (κ2) is 8.83. The summed E-state index contributed by atoms with van der Waals surface area (Å²) >= 11 is 2.22. The molecule has 0 radical (unpaired) electrons. The lowest BCUT2D eigenvalue weighted by Gasteiger charge is -2.34. The molecular weight excluding hydrogens is 431 g/mol. The number of carbonyl (C=O) groups is 1. The van der Waals surface area contributed by atoms with Gasteiger partial charge < -0.3 is 29.5 Å². The lowest BCUT2D eigenvalue weighted by molar-refractivity contribution is -0.109. The highest BCUT2D eigenvalue weighted by atomic mass is 127. The van der Waals surface area contributed by atoms with Crippen molar-refractivity contribution in [3.63, 3.8) is 0 Å². The second-order valence-corrected chi connectivity index (χ2v) is 6.56. The minimum Gasteiger partial charge on any atom is -0.465 e. The van der Waals surface area contributed by atoms with Gasteiger partial charge >= 0.3 is 6.09 Å². The van der Waals surface area contributed by atoms with Crippen LogP contribution in [0.5, 0.6) is 0 Å². The quantitative estimate of drug-likeness (QED) is 0.478. The van der Waals surface area contributed by atoms with Crippen molar-refractivity contribution < 1.29 is 24.1 Å². The Kier molecular flexibility index (Phi) is 7.07. The van der Waals surface area contributed by atoms with Crippen LogP contribution in [0.25, 0.3) is 0 Å². The molecule has 1 aromatic heterocycles. The van der Waals surface area contributed by atoms with Gasteiger partial charge in [0.2, 0.25) is 6.29 Å². The summed E-state index contributed by atoms with van der Waals surface area (Å²) in [6.07, 6.45) is 0.156. The molecule has 10 heteroatoms. The molecule has 1 atom stereocenters. The number of amides is 1. The van der Waals surface area contributed by atoms with E-state index in [1.54, 1.807) is 26.0 Å². The molecule has 0 aromatic carbocycles. The molecular formula is C14H23IN4O5.